The minimum Gasteiger partial charge on any atom is -0.388 e. The van der Waals surface area contributed by atoms with E-state index < -0.39 is 0 Å². The third kappa shape index (κ3) is 3.52. The van der Waals surface area contributed by atoms with Crippen LogP contribution in [0.15, 0.2) is 48.5 Å². The predicted molar refractivity (Wildman–Crippen MR) is 85.7 cm³/mol. The lowest BCUT2D eigenvalue weighted by molar-refractivity contribution is 1.50. The molecule has 19 heavy (non-hydrogen) atoms. The van der Waals surface area contributed by atoms with Crippen LogP contribution in [0.1, 0.15) is 11.1 Å². The SMILES string of the molecule is CNc1ccc(C=C(Cl)c2ccc(NC)cc2)cc1. The summed E-state index contributed by atoms with van der Waals surface area (Å²) < 4.78 is 0. The smallest absolute Gasteiger partial charge is 0.0484 e. The van der Waals surface area contributed by atoms with Crippen molar-refractivity contribution in [2.24, 2.45) is 0 Å². The van der Waals surface area contributed by atoms with Crippen LogP contribution in [-0.2, 0) is 0 Å². The summed E-state index contributed by atoms with van der Waals surface area (Å²) in [6.45, 7) is 0. The third-order valence-electron chi connectivity index (χ3n) is 2.94. The van der Waals surface area contributed by atoms with Gasteiger partial charge in [0.25, 0.3) is 0 Å². The Kier molecular flexibility index (Phi) is 4.48. The molecular weight excluding hydrogens is 256 g/mol. The van der Waals surface area contributed by atoms with Gasteiger partial charge in [0, 0.05) is 30.5 Å². The fraction of sp³-hybridized carbons (Fsp3) is 0.125. The Morgan fingerprint density at radius 1 is 0.842 bits per heavy atom. The zero-order chi connectivity index (χ0) is 13.7. The molecule has 0 bridgehead atoms. The largest absolute Gasteiger partial charge is 0.388 e. The fourth-order valence-electron chi connectivity index (χ4n) is 1.77. The van der Waals surface area contributed by atoms with Gasteiger partial charge in [0.15, 0.2) is 0 Å². The first kappa shape index (κ1) is 13.5. The molecular formula is C16H17ClN2. The van der Waals surface area contributed by atoms with Gasteiger partial charge in [-0.05, 0) is 41.5 Å². The fourth-order valence-corrected chi connectivity index (χ4v) is 2.02. The Hall–Kier alpha value is -1.93. The second kappa shape index (κ2) is 6.30. The molecule has 0 aliphatic heterocycles. The average Bonchev–Trinajstić information content (AvgIpc) is 2.48. The van der Waals surface area contributed by atoms with E-state index in [9.17, 15) is 0 Å². The highest BCUT2D eigenvalue weighted by molar-refractivity contribution is 6.51. The standard InChI is InChI=1S/C16H17ClN2/c1-18-14-7-3-12(4-8-14)11-16(17)13-5-9-15(19-2)10-6-13/h3-11,18-19H,1-2H3. The molecule has 0 unspecified atom stereocenters. The van der Waals surface area contributed by atoms with Crippen molar-refractivity contribution in [3.05, 3.63) is 59.7 Å². The van der Waals surface area contributed by atoms with Gasteiger partial charge < -0.3 is 10.6 Å². The molecule has 2 aromatic rings. The van der Waals surface area contributed by atoms with Crippen molar-refractivity contribution in [3.63, 3.8) is 0 Å². The first-order valence-corrected chi connectivity index (χ1v) is 6.54. The van der Waals surface area contributed by atoms with E-state index in [-0.39, 0.29) is 0 Å². The maximum atomic E-state index is 6.34. The predicted octanol–water partition coefficient (Wildman–Crippen LogP) is 4.51. The molecule has 2 aromatic carbocycles. The molecule has 0 amide bonds. The Morgan fingerprint density at radius 3 is 1.79 bits per heavy atom. The van der Waals surface area contributed by atoms with Gasteiger partial charge in [-0.3, -0.25) is 0 Å². The molecule has 0 aromatic heterocycles. The highest BCUT2D eigenvalue weighted by Crippen LogP contribution is 2.24. The third-order valence-corrected chi connectivity index (χ3v) is 3.27. The maximum absolute atomic E-state index is 6.34. The molecule has 0 saturated heterocycles. The van der Waals surface area contributed by atoms with E-state index in [1.54, 1.807) is 0 Å². The van der Waals surface area contributed by atoms with Gasteiger partial charge in [-0.1, -0.05) is 35.9 Å². The van der Waals surface area contributed by atoms with Gasteiger partial charge in [-0.2, -0.15) is 0 Å². The summed E-state index contributed by atoms with van der Waals surface area (Å²) in [6, 6.07) is 16.2. The highest BCUT2D eigenvalue weighted by Gasteiger charge is 1.99. The van der Waals surface area contributed by atoms with Crippen LogP contribution in [0.25, 0.3) is 11.1 Å². The Bertz CT molecular complexity index is 556. The first-order chi connectivity index (χ1) is 9.22. The van der Waals surface area contributed by atoms with Gasteiger partial charge in [0.05, 0.1) is 0 Å². The van der Waals surface area contributed by atoms with Crippen LogP contribution in [-0.4, -0.2) is 14.1 Å². The van der Waals surface area contributed by atoms with Crippen LogP contribution >= 0.6 is 11.6 Å². The minimum atomic E-state index is 0.736. The zero-order valence-corrected chi connectivity index (χ0v) is 11.8. The van der Waals surface area contributed by atoms with Crippen molar-refractivity contribution in [3.8, 4) is 0 Å². The van der Waals surface area contributed by atoms with E-state index in [0.29, 0.717) is 0 Å². The summed E-state index contributed by atoms with van der Waals surface area (Å²) >= 11 is 6.34. The van der Waals surface area contributed by atoms with E-state index in [0.717, 1.165) is 27.5 Å². The zero-order valence-electron chi connectivity index (χ0n) is 11.1. The van der Waals surface area contributed by atoms with Crippen LogP contribution in [0.4, 0.5) is 11.4 Å². The van der Waals surface area contributed by atoms with Gasteiger partial charge in [0.1, 0.15) is 0 Å². The highest BCUT2D eigenvalue weighted by atomic mass is 35.5. The molecule has 2 nitrogen and oxygen atoms in total. The minimum absolute atomic E-state index is 0.736. The van der Waals surface area contributed by atoms with Crippen molar-refractivity contribution >= 4 is 34.1 Å². The summed E-state index contributed by atoms with van der Waals surface area (Å²) in [6.07, 6.45) is 1.97. The second-order valence-corrected chi connectivity index (χ2v) is 4.60. The van der Waals surface area contributed by atoms with E-state index in [1.807, 2.05) is 68.7 Å². The summed E-state index contributed by atoms with van der Waals surface area (Å²) in [5.74, 6) is 0. The topological polar surface area (TPSA) is 24.1 Å². The molecule has 0 spiro atoms. The molecule has 2 N–H and O–H groups in total. The lowest BCUT2D eigenvalue weighted by atomic mass is 10.1. The quantitative estimate of drug-likeness (QED) is 0.801. The first-order valence-electron chi connectivity index (χ1n) is 6.16. The lowest BCUT2D eigenvalue weighted by Gasteiger charge is -2.04. The van der Waals surface area contributed by atoms with Crippen LogP contribution in [0, 0.1) is 0 Å². The molecule has 0 aliphatic rings. The Balaban J connectivity index is 2.20. The van der Waals surface area contributed by atoms with Crippen molar-refractivity contribution in [2.75, 3.05) is 24.7 Å². The number of halogens is 1. The molecule has 0 radical (unpaired) electrons. The Labute approximate surface area is 119 Å². The maximum Gasteiger partial charge on any atom is 0.0484 e. The van der Waals surface area contributed by atoms with Crippen molar-refractivity contribution in [1.29, 1.82) is 0 Å². The molecule has 0 aliphatic carbocycles. The van der Waals surface area contributed by atoms with E-state index >= 15 is 0 Å². The van der Waals surface area contributed by atoms with Crippen LogP contribution in [0.5, 0.6) is 0 Å². The van der Waals surface area contributed by atoms with Gasteiger partial charge in [-0.15, -0.1) is 0 Å². The van der Waals surface area contributed by atoms with Crippen molar-refractivity contribution in [1.82, 2.24) is 0 Å². The molecule has 0 saturated carbocycles. The molecule has 2 rings (SSSR count). The number of benzene rings is 2. The number of rotatable bonds is 4. The molecule has 0 heterocycles. The summed E-state index contributed by atoms with van der Waals surface area (Å²) in [5, 5.41) is 6.91. The average molecular weight is 273 g/mol. The monoisotopic (exact) mass is 272 g/mol. The van der Waals surface area contributed by atoms with Crippen molar-refractivity contribution < 1.29 is 0 Å². The lowest BCUT2D eigenvalue weighted by Crippen LogP contribution is -1.88. The van der Waals surface area contributed by atoms with Crippen LogP contribution < -0.4 is 10.6 Å². The van der Waals surface area contributed by atoms with E-state index in [2.05, 4.69) is 10.6 Å². The summed E-state index contributed by atoms with van der Waals surface area (Å²) in [4.78, 5) is 0. The normalized spacial score (nSPS) is 11.2. The van der Waals surface area contributed by atoms with Gasteiger partial charge in [-0.25, -0.2) is 0 Å². The van der Waals surface area contributed by atoms with Crippen LogP contribution in [0.2, 0.25) is 0 Å². The van der Waals surface area contributed by atoms with Gasteiger partial charge in [0.2, 0.25) is 0 Å². The molecule has 0 fully saturated rings. The molecule has 3 heteroatoms. The van der Waals surface area contributed by atoms with E-state index in [1.165, 1.54) is 0 Å². The Morgan fingerprint density at radius 2 is 1.32 bits per heavy atom. The molecule has 98 valence electrons. The number of anilines is 2. The summed E-state index contributed by atoms with van der Waals surface area (Å²) in [5.41, 5.74) is 4.26. The summed E-state index contributed by atoms with van der Waals surface area (Å²) in [7, 11) is 3.80. The van der Waals surface area contributed by atoms with E-state index in [4.69, 9.17) is 11.6 Å². The van der Waals surface area contributed by atoms with Crippen LogP contribution in [0.3, 0.4) is 0 Å². The van der Waals surface area contributed by atoms with Crippen molar-refractivity contribution in [2.45, 2.75) is 0 Å². The van der Waals surface area contributed by atoms with Gasteiger partial charge >= 0.3 is 0 Å². The number of hydrogen-bond acceptors (Lipinski definition) is 2. The second-order valence-electron chi connectivity index (χ2n) is 4.19. The molecule has 0 atom stereocenters. The number of hydrogen-bond donors (Lipinski definition) is 2. The number of nitrogens with one attached hydrogen (secondary N) is 2.